The Morgan fingerprint density at radius 3 is 2.70 bits per heavy atom. The van der Waals surface area contributed by atoms with Gasteiger partial charge in [0.25, 0.3) is 0 Å². The summed E-state index contributed by atoms with van der Waals surface area (Å²) in [7, 11) is 0. The van der Waals surface area contributed by atoms with Crippen LogP contribution >= 0.6 is 0 Å². The number of nitrogens with one attached hydrogen (secondary N) is 1. The minimum atomic E-state index is -0.205. The van der Waals surface area contributed by atoms with Gasteiger partial charge in [-0.3, -0.25) is 9.78 Å². The smallest absolute Gasteiger partial charge is 0.245 e. The first-order chi connectivity index (χ1) is 14.8. The Morgan fingerprint density at radius 2 is 1.93 bits per heavy atom. The second kappa shape index (κ2) is 11.2. The molecule has 0 unspecified atom stereocenters. The molecule has 0 atom stereocenters. The predicted molar refractivity (Wildman–Crippen MR) is 115 cm³/mol. The van der Waals surface area contributed by atoms with E-state index in [0.717, 1.165) is 11.3 Å². The van der Waals surface area contributed by atoms with Gasteiger partial charge < -0.3 is 15.0 Å². The topological polar surface area (TPSA) is 91.1 Å². The fraction of sp³-hybridized carbons (Fsp3) is 0.217. The molecule has 0 radical (unpaired) electrons. The second-order valence-electron chi connectivity index (χ2n) is 6.56. The molecular formula is C23H23N5O2. The lowest BCUT2D eigenvalue weighted by Crippen LogP contribution is -2.33. The number of benzene rings is 1. The quantitative estimate of drug-likeness (QED) is 0.520. The van der Waals surface area contributed by atoms with Crippen molar-refractivity contribution in [2.75, 3.05) is 23.4 Å². The minimum absolute atomic E-state index is 0.142. The number of pyridine rings is 2. The summed E-state index contributed by atoms with van der Waals surface area (Å²) < 4.78 is 5.68. The van der Waals surface area contributed by atoms with Gasteiger partial charge in [-0.1, -0.05) is 24.3 Å². The van der Waals surface area contributed by atoms with E-state index in [1.807, 2.05) is 47.4 Å². The van der Waals surface area contributed by atoms with Gasteiger partial charge in [0.1, 0.15) is 0 Å². The molecule has 7 nitrogen and oxygen atoms in total. The zero-order valence-electron chi connectivity index (χ0n) is 16.6. The fourth-order valence-corrected chi connectivity index (χ4v) is 2.87. The van der Waals surface area contributed by atoms with Crippen LogP contribution in [0.4, 0.5) is 11.5 Å². The summed E-state index contributed by atoms with van der Waals surface area (Å²) in [5.74, 6) is 0.652. The maximum absolute atomic E-state index is 12.8. The number of hydrogen-bond donors (Lipinski definition) is 1. The molecule has 0 saturated heterocycles. The molecule has 1 aromatic carbocycles. The number of nitriles is 1. The molecule has 0 aliphatic heterocycles. The van der Waals surface area contributed by atoms with Crippen molar-refractivity contribution in [3.05, 3.63) is 78.8 Å². The number of ether oxygens (including phenoxy) is 1. The number of anilines is 2. The van der Waals surface area contributed by atoms with Crippen LogP contribution in [0.15, 0.2) is 73.2 Å². The van der Waals surface area contributed by atoms with E-state index >= 15 is 0 Å². The highest BCUT2D eigenvalue weighted by Gasteiger charge is 2.15. The molecule has 7 heteroatoms. The van der Waals surface area contributed by atoms with E-state index in [1.54, 1.807) is 30.7 Å². The summed E-state index contributed by atoms with van der Waals surface area (Å²) in [5, 5.41) is 11.5. The van der Waals surface area contributed by atoms with Crippen LogP contribution in [0.2, 0.25) is 0 Å². The van der Waals surface area contributed by atoms with Crippen LogP contribution in [0, 0.1) is 11.3 Å². The summed E-state index contributed by atoms with van der Waals surface area (Å²) in [6.45, 7) is 1.08. The van der Waals surface area contributed by atoms with Crippen molar-refractivity contribution in [2.24, 2.45) is 0 Å². The van der Waals surface area contributed by atoms with Crippen molar-refractivity contribution in [3.63, 3.8) is 0 Å². The molecule has 1 amide bonds. The van der Waals surface area contributed by atoms with Crippen LogP contribution in [0.25, 0.3) is 0 Å². The first kappa shape index (κ1) is 20.8. The van der Waals surface area contributed by atoms with Gasteiger partial charge in [-0.2, -0.15) is 5.26 Å². The predicted octanol–water partition coefficient (Wildman–Crippen LogP) is 3.80. The van der Waals surface area contributed by atoms with E-state index in [4.69, 9.17) is 10.00 Å². The number of hydrogen-bond acceptors (Lipinski definition) is 6. The number of unbranched alkanes of at least 4 members (excludes halogenated alkanes) is 1. The molecule has 3 rings (SSSR count). The minimum Gasteiger partial charge on any atom is -0.490 e. The number of rotatable bonds is 10. The van der Waals surface area contributed by atoms with Gasteiger partial charge in [-0.15, -0.1) is 0 Å². The third-order valence-electron chi connectivity index (χ3n) is 4.27. The monoisotopic (exact) mass is 401 g/mol. The number of aromatic nitrogens is 2. The van der Waals surface area contributed by atoms with Crippen LogP contribution in [0.5, 0.6) is 5.75 Å². The largest absolute Gasteiger partial charge is 0.490 e. The highest BCUT2D eigenvalue weighted by molar-refractivity contribution is 5.94. The van der Waals surface area contributed by atoms with E-state index in [2.05, 4.69) is 21.4 Å². The molecule has 0 aliphatic carbocycles. The third-order valence-corrected chi connectivity index (χ3v) is 4.27. The summed E-state index contributed by atoms with van der Waals surface area (Å²) >= 11 is 0. The maximum atomic E-state index is 12.8. The van der Waals surface area contributed by atoms with Crippen molar-refractivity contribution in [1.82, 2.24) is 9.97 Å². The molecule has 0 aliphatic rings. The second-order valence-corrected chi connectivity index (χ2v) is 6.56. The highest BCUT2D eigenvalue weighted by atomic mass is 16.5. The molecule has 2 heterocycles. The molecule has 2 aromatic heterocycles. The van der Waals surface area contributed by atoms with Gasteiger partial charge >= 0.3 is 0 Å². The van der Waals surface area contributed by atoms with E-state index in [-0.39, 0.29) is 12.5 Å². The van der Waals surface area contributed by atoms with Gasteiger partial charge in [0.05, 0.1) is 19.2 Å². The summed E-state index contributed by atoms with van der Waals surface area (Å²) in [6.07, 6.45) is 6.15. The number of carbonyl (C=O) groups excluding carboxylic acids is 1. The molecule has 152 valence electrons. The Bertz CT molecular complexity index is 974. The highest BCUT2D eigenvalue weighted by Crippen LogP contribution is 2.22. The Kier molecular flexibility index (Phi) is 7.75. The van der Waals surface area contributed by atoms with E-state index in [9.17, 15) is 4.79 Å². The summed E-state index contributed by atoms with van der Waals surface area (Å²) in [4.78, 5) is 23.2. The van der Waals surface area contributed by atoms with Crippen molar-refractivity contribution < 1.29 is 9.53 Å². The van der Waals surface area contributed by atoms with Crippen molar-refractivity contribution in [1.29, 1.82) is 5.26 Å². The third kappa shape index (κ3) is 6.31. The van der Waals surface area contributed by atoms with Crippen molar-refractivity contribution in [2.45, 2.75) is 19.4 Å². The average Bonchev–Trinajstić information content (AvgIpc) is 2.78. The number of carbonyl (C=O) groups is 1. The molecule has 0 saturated carbocycles. The first-order valence-corrected chi connectivity index (χ1v) is 9.70. The fourth-order valence-electron chi connectivity index (χ4n) is 2.87. The average molecular weight is 401 g/mol. The summed E-state index contributed by atoms with van der Waals surface area (Å²) in [6, 6.07) is 19.2. The zero-order valence-corrected chi connectivity index (χ0v) is 16.6. The molecule has 3 aromatic rings. The Labute approximate surface area is 176 Å². The van der Waals surface area contributed by atoms with Gasteiger partial charge in [0.15, 0.2) is 11.6 Å². The molecule has 0 fully saturated rings. The van der Waals surface area contributed by atoms with Crippen molar-refractivity contribution in [3.8, 4) is 11.8 Å². The summed E-state index contributed by atoms with van der Waals surface area (Å²) in [5.41, 5.74) is 1.94. The standard InChI is InChI=1S/C23H23N5O2/c24-12-4-5-15-30-21-11-7-14-26-23(21)27-22(29)18-28(20-9-2-1-3-10-20)17-19-8-6-13-25-16-19/h1-3,6-11,13-14,16H,4-5,15,17-18H2,(H,26,27,29). The van der Waals surface area contributed by atoms with Gasteiger partial charge in [-0.25, -0.2) is 4.98 Å². The van der Waals surface area contributed by atoms with Crippen LogP contribution < -0.4 is 15.0 Å². The zero-order chi connectivity index (χ0) is 21.0. The Hall–Kier alpha value is -3.92. The number of nitrogens with zero attached hydrogens (tertiary/aromatic N) is 4. The van der Waals surface area contributed by atoms with Crippen LogP contribution in [-0.4, -0.2) is 29.0 Å². The van der Waals surface area contributed by atoms with Crippen molar-refractivity contribution >= 4 is 17.4 Å². The van der Waals surface area contributed by atoms with Crippen LogP contribution in [-0.2, 0) is 11.3 Å². The van der Waals surface area contributed by atoms with Gasteiger partial charge in [0, 0.05) is 37.2 Å². The molecule has 0 spiro atoms. The molecule has 1 N–H and O–H groups in total. The van der Waals surface area contributed by atoms with E-state index in [0.29, 0.717) is 37.6 Å². The van der Waals surface area contributed by atoms with Gasteiger partial charge in [-0.05, 0) is 42.3 Å². The Morgan fingerprint density at radius 1 is 1.10 bits per heavy atom. The molecule has 0 bridgehead atoms. The lowest BCUT2D eigenvalue weighted by molar-refractivity contribution is -0.115. The SMILES string of the molecule is N#CCCCOc1cccnc1NC(=O)CN(Cc1cccnc1)c1ccccc1. The van der Waals surface area contributed by atoms with E-state index in [1.165, 1.54) is 0 Å². The first-order valence-electron chi connectivity index (χ1n) is 9.70. The lowest BCUT2D eigenvalue weighted by Gasteiger charge is -2.24. The lowest BCUT2D eigenvalue weighted by atomic mass is 10.2. The van der Waals surface area contributed by atoms with E-state index < -0.39 is 0 Å². The number of amides is 1. The van der Waals surface area contributed by atoms with Crippen LogP contribution in [0.3, 0.4) is 0 Å². The van der Waals surface area contributed by atoms with Crippen LogP contribution in [0.1, 0.15) is 18.4 Å². The van der Waals surface area contributed by atoms with Gasteiger partial charge in [0.2, 0.25) is 5.91 Å². The number of para-hydroxylation sites is 1. The Balaban J connectivity index is 1.68. The maximum Gasteiger partial charge on any atom is 0.245 e. The molecule has 30 heavy (non-hydrogen) atoms. The molecular weight excluding hydrogens is 378 g/mol. The normalized spacial score (nSPS) is 10.1.